The SMILES string of the molecule is CC(NC(=O)C1CCNC1)c1cccc(N2CCCC2)c1. The van der Waals surface area contributed by atoms with Gasteiger partial charge in [0, 0.05) is 25.3 Å². The van der Waals surface area contributed by atoms with Crippen LogP contribution in [-0.2, 0) is 4.79 Å². The predicted octanol–water partition coefficient (Wildman–Crippen LogP) is 2.07. The molecule has 0 spiro atoms. The third-order valence-electron chi connectivity index (χ3n) is 4.63. The molecule has 3 rings (SSSR count). The number of amides is 1. The van der Waals surface area contributed by atoms with Gasteiger partial charge in [-0.05, 0) is 50.4 Å². The van der Waals surface area contributed by atoms with Gasteiger partial charge in [-0.1, -0.05) is 12.1 Å². The molecule has 21 heavy (non-hydrogen) atoms. The lowest BCUT2D eigenvalue weighted by Gasteiger charge is -2.21. The van der Waals surface area contributed by atoms with Gasteiger partial charge in [0.1, 0.15) is 0 Å². The normalized spacial score (nSPS) is 23.3. The quantitative estimate of drug-likeness (QED) is 0.891. The zero-order valence-corrected chi connectivity index (χ0v) is 12.8. The zero-order valence-electron chi connectivity index (χ0n) is 12.8. The number of carbonyl (C=O) groups excluding carboxylic acids is 1. The fourth-order valence-electron chi connectivity index (χ4n) is 3.26. The summed E-state index contributed by atoms with van der Waals surface area (Å²) in [6.07, 6.45) is 3.52. The number of nitrogens with zero attached hydrogens (tertiary/aromatic N) is 1. The summed E-state index contributed by atoms with van der Waals surface area (Å²) < 4.78 is 0. The molecule has 0 saturated carbocycles. The molecule has 2 fully saturated rings. The van der Waals surface area contributed by atoms with E-state index in [1.54, 1.807) is 0 Å². The molecule has 0 aliphatic carbocycles. The molecule has 2 atom stereocenters. The van der Waals surface area contributed by atoms with E-state index in [1.165, 1.54) is 24.1 Å². The third kappa shape index (κ3) is 3.38. The van der Waals surface area contributed by atoms with Crippen LogP contribution in [0.25, 0.3) is 0 Å². The van der Waals surface area contributed by atoms with E-state index in [4.69, 9.17) is 0 Å². The highest BCUT2D eigenvalue weighted by Crippen LogP contribution is 2.24. The summed E-state index contributed by atoms with van der Waals surface area (Å²) in [6.45, 7) is 6.14. The van der Waals surface area contributed by atoms with E-state index in [0.29, 0.717) is 0 Å². The number of rotatable bonds is 4. The van der Waals surface area contributed by atoms with Crippen molar-refractivity contribution in [2.75, 3.05) is 31.1 Å². The topological polar surface area (TPSA) is 44.4 Å². The molecule has 2 aliphatic rings. The molecule has 0 bridgehead atoms. The Labute approximate surface area is 126 Å². The van der Waals surface area contributed by atoms with Gasteiger partial charge >= 0.3 is 0 Å². The Balaban J connectivity index is 1.64. The summed E-state index contributed by atoms with van der Waals surface area (Å²) >= 11 is 0. The average Bonchev–Trinajstić information content (AvgIpc) is 3.20. The lowest BCUT2D eigenvalue weighted by molar-refractivity contribution is -0.125. The van der Waals surface area contributed by atoms with Gasteiger partial charge in [-0.3, -0.25) is 4.79 Å². The minimum absolute atomic E-state index is 0.0700. The van der Waals surface area contributed by atoms with Crippen molar-refractivity contribution in [1.82, 2.24) is 10.6 Å². The van der Waals surface area contributed by atoms with E-state index < -0.39 is 0 Å². The fraction of sp³-hybridized carbons (Fsp3) is 0.588. The van der Waals surface area contributed by atoms with Crippen LogP contribution in [0.3, 0.4) is 0 Å². The van der Waals surface area contributed by atoms with E-state index in [-0.39, 0.29) is 17.9 Å². The summed E-state index contributed by atoms with van der Waals surface area (Å²) in [6, 6.07) is 8.67. The maximum Gasteiger partial charge on any atom is 0.224 e. The Morgan fingerprint density at radius 1 is 1.38 bits per heavy atom. The van der Waals surface area contributed by atoms with Gasteiger partial charge in [0.25, 0.3) is 0 Å². The van der Waals surface area contributed by atoms with E-state index >= 15 is 0 Å². The second kappa shape index (κ2) is 6.48. The van der Waals surface area contributed by atoms with Gasteiger partial charge in [0.15, 0.2) is 0 Å². The maximum absolute atomic E-state index is 12.2. The van der Waals surface area contributed by atoms with Crippen LogP contribution < -0.4 is 15.5 Å². The molecule has 2 saturated heterocycles. The van der Waals surface area contributed by atoms with Crippen LogP contribution in [0.2, 0.25) is 0 Å². The van der Waals surface area contributed by atoms with Crippen molar-refractivity contribution >= 4 is 11.6 Å². The van der Waals surface area contributed by atoms with Gasteiger partial charge in [0.05, 0.1) is 12.0 Å². The van der Waals surface area contributed by atoms with Crippen molar-refractivity contribution in [3.8, 4) is 0 Å². The lowest BCUT2D eigenvalue weighted by atomic mass is 10.0. The van der Waals surface area contributed by atoms with Gasteiger partial charge in [-0.15, -0.1) is 0 Å². The molecular weight excluding hydrogens is 262 g/mol. The Bertz CT molecular complexity index is 491. The first kappa shape index (κ1) is 14.4. The van der Waals surface area contributed by atoms with Crippen LogP contribution in [0.15, 0.2) is 24.3 Å². The van der Waals surface area contributed by atoms with E-state index in [1.807, 2.05) is 0 Å². The third-order valence-corrected chi connectivity index (χ3v) is 4.63. The summed E-state index contributed by atoms with van der Waals surface area (Å²) in [5.74, 6) is 0.313. The van der Waals surface area contributed by atoms with Crippen LogP contribution in [0.4, 0.5) is 5.69 Å². The highest BCUT2D eigenvalue weighted by molar-refractivity contribution is 5.79. The average molecular weight is 287 g/mol. The lowest BCUT2D eigenvalue weighted by Crippen LogP contribution is -2.33. The fourth-order valence-corrected chi connectivity index (χ4v) is 3.26. The molecule has 0 radical (unpaired) electrons. The number of nitrogens with one attached hydrogen (secondary N) is 2. The van der Waals surface area contributed by atoms with Crippen molar-refractivity contribution < 1.29 is 4.79 Å². The molecule has 4 nitrogen and oxygen atoms in total. The molecule has 2 N–H and O–H groups in total. The molecule has 4 heteroatoms. The first-order valence-corrected chi connectivity index (χ1v) is 8.10. The summed E-state index contributed by atoms with van der Waals surface area (Å²) in [4.78, 5) is 14.6. The van der Waals surface area contributed by atoms with E-state index in [2.05, 4.69) is 46.7 Å². The number of anilines is 1. The van der Waals surface area contributed by atoms with Gasteiger partial charge in [-0.25, -0.2) is 0 Å². The largest absolute Gasteiger partial charge is 0.372 e. The molecule has 0 aromatic heterocycles. The highest BCUT2D eigenvalue weighted by Gasteiger charge is 2.24. The van der Waals surface area contributed by atoms with Crippen molar-refractivity contribution in [3.63, 3.8) is 0 Å². The van der Waals surface area contributed by atoms with Gasteiger partial charge < -0.3 is 15.5 Å². The summed E-state index contributed by atoms with van der Waals surface area (Å²) in [5, 5.41) is 6.40. The Morgan fingerprint density at radius 2 is 2.19 bits per heavy atom. The minimum atomic E-state index is 0.0700. The van der Waals surface area contributed by atoms with E-state index in [0.717, 1.165) is 32.6 Å². The summed E-state index contributed by atoms with van der Waals surface area (Å²) in [7, 11) is 0. The van der Waals surface area contributed by atoms with Crippen molar-refractivity contribution in [2.24, 2.45) is 5.92 Å². The van der Waals surface area contributed by atoms with Crippen molar-refractivity contribution in [2.45, 2.75) is 32.2 Å². The molecule has 1 amide bonds. The molecular formula is C17H25N3O. The molecule has 2 heterocycles. The number of hydrogen-bond acceptors (Lipinski definition) is 3. The zero-order chi connectivity index (χ0) is 14.7. The van der Waals surface area contributed by atoms with Crippen LogP contribution in [0, 0.1) is 5.92 Å². The predicted molar refractivity (Wildman–Crippen MR) is 85.4 cm³/mol. The molecule has 1 aromatic rings. The number of benzene rings is 1. The smallest absolute Gasteiger partial charge is 0.224 e. The first-order valence-electron chi connectivity index (χ1n) is 8.10. The van der Waals surface area contributed by atoms with Crippen LogP contribution in [-0.4, -0.2) is 32.1 Å². The van der Waals surface area contributed by atoms with Crippen molar-refractivity contribution in [1.29, 1.82) is 0 Å². The van der Waals surface area contributed by atoms with Crippen LogP contribution in [0.1, 0.15) is 37.8 Å². The second-order valence-corrected chi connectivity index (χ2v) is 6.21. The van der Waals surface area contributed by atoms with Gasteiger partial charge in [-0.2, -0.15) is 0 Å². The van der Waals surface area contributed by atoms with Crippen LogP contribution >= 0.6 is 0 Å². The minimum Gasteiger partial charge on any atom is -0.372 e. The molecule has 2 unspecified atom stereocenters. The Hall–Kier alpha value is -1.55. The highest BCUT2D eigenvalue weighted by atomic mass is 16.2. The number of hydrogen-bond donors (Lipinski definition) is 2. The Morgan fingerprint density at radius 3 is 2.90 bits per heavy atom. The first-order chi connectivity index (χ1) is 10.2. The maximum atomic E-state index is 12.2. The van der Waals surface area contributed by atoms with Crippen LogP contribution in [0.5, 0.6) is 0 Å². The van der Waals surface area contributed by atoms with E-state index in [9.17, 15) is 4.79 Å². The summed E-state index contributed by atoms with van der Waals surface area (Å²) in [5.41, 5.74) is 2.48. The second-order valence-electron chi connectivity index (χ2n) is 6.21. The van der Waals surface area contributed by atoms with Gasteiger partial charge in [0.2, 0.25) is 5.91 Å². The Kier molecular flexibility index (Phi) is 4.44. The molecule has 114 valence electrons. The standard InChI is InChI=1S/C17H25N3O/c1-13(19-17(21)15-7-8-18-12-15)14-5-4-6-16(11-14)20-9-2-3-10-20/h4-6,11,13,15,18H,2-3,7-10,12H2,1H3,(H,19,21). The van der Waals surface area contributed by atoms with Crippen molar-refractivity contribution in [3.05, 3.63) is 29.8 Å². The monoisotopic (exact) mass is 287 g/mol. The molecule has 1 aromatic carbocycles. The number of carbonyl (C=O) groups is 1. The molecule has 2 aliphatic heterocycles.